The Kier molecular flexibility index (Phi) is 4.44. The lowest BCUT2D eigenvalue weighted by Gasteiger charge is -2.32. The van der Waals surface area contributed by atoms with Crippen molar-refractivity contribution in [1.82, 2.24) is 4.90 Å². The molecule has 2 rings (SSSR count). The van der Waals surface area contributed by atoms with E-state index >= 15 is 0 Å². The minimum absolute atomic E-state index is 0.0103. The third-order valence-corrected chi connectivity index (χ3v) is 3.43. The number of halogens is 1. The van der Waals surface area contributed by atoms with E-state index in [9.17, 15) is 4.79 Å². The van der Waals surface area contributed by atoms with Crippen molar-refractivity contribution in [3.63, 3.8) is 0 Å². The second-order valence-corrected chi connectivity index (χ2v) is 4.63. The highest BCUT2D eigenvalue weighted by molar-refractivity contribution is 6.18. The number of hydrogen-bond acceptors (Lipinski definition) is 3. The molecule has 92 valence electrons. The molecule has 0 aromatic rings. The fraction of sp³-hybridized carbons (Fsp3) is 0.909. The topological polar surface area (TPSA) is 38.8 Å². The van der Waals surface area contributed by atoms with Crippen molar-refractivity contribution in [3.05, 3.63) is 0 Å². The van der Waals surface area contributed by atoms with Gasteiger partial charge in [-0.3, -0.25) is 4.79 Å². The van der Waals surface area contributed by atoms with Gasteiger partial charge in [-0.05, 0) is 12.8 Å². The van der Waals surface area contributed by atoms with Gasteiger partial charge in [0.15, 0.2) is 0 Å². The van der Waals surface area contributed by atoms with Gasteiger partial charge in [-0.15, -0.1) is 11.6 Å². The molecule has 0 aliphatic carbocycles. The lowest BCUT2D eigenvalue weighted by atomic mass is 10.1. The standard InChI is InChI=1S/C11H18ClNO3/c12-7-10-8-13(3-5-16-10)11(14)6-9-2-1-4-15-9/h9-10H,1-8H2. The van der Waals surface area contributed by atoms with Gasteiger partial charge in [0.2, 0.25) is 5.91 Å². The second-order valence-electron chi connectivity index (χ2n) is 4.33. The quantitative estimate of drug-likeness (QED) is 0.699. The largest absolute Gasteiger partial charge is 0.378 e. The van der Waals surface area contributed by atoms with E-state index in [0.29, 0.717) is 32.0 Å². The summed E-state index contributed by atoms with van der Waals surface area (Å²) in [5.41, 5.74) is 0. The number of nitrogens with zero attached hydrogens (tertiary/aromatic N) is 1. The zero-order valence-electron chi connectivity index (χ0n) is 9.36. The minimum atomic E-state index is -0.0103. The molecular weight excluding hydrogens is 230 g/mol. The number of hydrogen-bond donors (Lipinski definition) is 0. The molecule has 2 atom stereocenters. The zero-order valence-corrected chi connectivity index (χ0v) is 10.1. The van der Waals surface area contributed by atoms with Crippen LogP contribution in [0.4, 0.5) is 0 Å². The van der Waals surface area contributed by atoms with Crippen molar-refractivity contribution in [2.75, 3.05) is 32.2 Å². The summed E-state index contributed by atoms with van der Waals surface area (Å²) in [5.74, 6) is 0.620. The lowest BCUT2D eigenvalue weighted by molar-refractivity contribution is -0.140. The van der Waals surface area contributed by atoms with E-state index in [1.165, 1.54) is 0 Å². The highest BCUT2D eigenvalue weighted by Crippen LogP contribution is 2.17. The van der Waals surface area contributed by atoms with Gasteiger partial charge in [-0.2, -0.15) is 0 Å². The fourth-order valence-corrected chi connectivity index (χ4v) is 2.36. The summed E-state index contributed by atoms with van der Waals surface area (Å²) < 4.78 is 10.9. The van der Waals surface area contributed by atoms with Crippen LogP contribution in [0.25, 0.3) is 0 Å². The monoisotopic (exact) mass is 247 g/mol. The summed E-state index contributed by atoms with van der Waals surface area (Å²) in [6.07, 6.45) is 2.71. The minimum Gasteiger partial charge on any atom is -0.378 e. The van der Waals surface area contributed by atoms with Crippen LogP contribution in [0.5, 0.6) is 0 Å². The Morgan fingerprint density at radius 2 is 2.12 bits per heavy atom. The van der Waals surface area contributed by atoms with E-state index in [0.717, 1.165) is 19.4 Å². The second kappa shape index (κ2) is 5.84. The number of amides is 1. The van der Waals surface area contributed by atoms with Crippen LogP contribution in [-0.4, -0.2) is 55.2 Å². The number of carbonyl (C=O) groups is 1. The van der Waals surface area contributed by atoms with Gasteiger partial charge >= 0.3 is 0 Å². The first-order valence-electron chi connectivity index (χ1n) is 5.86. The van der Waals surface area contributed by atoms with Crippen molar-refractivity contribution >= 4 is 17.5 Å². The summed E-state index contributed by atoms with van der Waals surface area (Å²) in [5, 5.41) is 0. The van der Waals surface area contributed by atoms with E-state index in [2.05, 4.69) is 0 Å². The molecule has 4 nitrogen and oxygen atoms in total. The first-order chi connectivity index (χ1) is 7.79. The normalized spacial score (nSPS) is 30.7. The van der Waals surface area contributed by atoms with Crippen molar-refractivity contribution < 1.29 is 14.3 Å². The predicted molar refractivity (Wildman–Crippen MR) is 60.6 cm³/mol. The molecule has 0 saturated carbocycles. The first-order valence-corrected chi connectivity index (χ1v) is 6.40. The van der Waals surface area contributed by atoms with Gasteiger partial charge in [-0.1, -0.05) is 0 Å². The summed E-state index contributed by atoms with van der Waals surface area (Å²) >= 11 is 5.73. The number of carbonyl (C=O) groups excluding carboxylic acids is 1. The van der Waals surface area contributed by atoms with Crippen molar-refractivity contribution in [2.45, 2.75) is 31.5 Å². The van der Waals surface area contributed by atoms with Gasteiger partial charge in [0, 0.05) is 19.7 Å². The maximum absolute atomic E-state index is 12.0. The molecule has 0 aromatic heterocycles. The maximum Gasteiger partial charge on any atom is 0.225 e. The summed E-state index contributed by atoms with van der Waals surface area (Å²) in [7, 11) is 0. The fourth-order valence-electron chi connectivity index (χ4n) is 2.17. The molecule has 16 heavy (non-hydrogen) atoms. The van der Waals surface area contributed by atoms with Crippen molar-refractivity contribution in [3.8, 4) is 0 Å². The Balaban J connectivity index is 1.79. The average Bonchev–Trinajstić information content (AvgIpc) is 2.82. The summed E-state index contributed by atoms with van der Waals surface area (Å²) in [6, 6.07) is 0. The van der Waals surface area contributed by atoms with E-state index in [1.807, 2.05) is 4.90 Å². The molecule has 2 aliphatic heterocycles. The van der Waals surface area contributed by atoms with Crippen LogP contribution >= 0.6 is 11.6 Å². The van der Waals surface area contributed by atoms with Gasteiger partial charge in [-0.25, -0.2) is 0 Å². The molecule has 2 unspecified atom stereocenters. The van der Waals surface area contributed by atoms with Crippen LogP contribution in [-0.2, 0) is 14.3 Å². The SMILES string of the molecule is O=C(CC1CCCO1)N1CCOC(CCl)C1. The lowest BCUT2D eigenvalue weighted by Crippen LogP contribution is -2.47. The number of ether oxygens (including phenoxy) is 2. The van der Waals surface area contributed by atoms with Crippen molar-refractivity contribution in [1.29, 1.82) is 0 Å². The first kappa shape index (κ1) is 12.1. The molecule has 1 amide bonds. The molecule has 0 bridgehead atoms. The molecule has 2 fully saturated rings. The van der Waals surface area contributed by atoms with Gasteiger partial charge < -0.3 is 14.4 Å². The molecule has 2 saturated heterocycles. The Morgan fingerprint density at radius 3 is 2.81 bits per heavy atom. The van der Waals surface area contributed by atoms with Crippen LogP contribution in [0.3, 0.4) is 0 Å². The van der Waals surface area contributed by atoms with Crippen LogP contribution < -0.4 is 0 Å². The molecule has 0 aromatic carbocycles. The molecule has 2 aliphatic rings. The van der Waals surface area contributed by atoms with E-state index in [4.69, 9.17) is 21.1 Å². The third kappa shape index (κ3) is 3.09. The molecule has 0 spiro atoms. The Labute approximate surface area is 101 Å². The highest BCUT2D eigenvalue weighted by atomic mass is 35.5. The molecule has 2 heterocycles. The van der Waals surface area contributed by atoms with Crippen LogP contribution in [0.15, 0.2) is 0 Å². The van der Waals surface area contributed by atoms with E-state index in [-0.39, 0.29) is 18.1 Å². The zero-order chi connectivity index (χ0) is 11.4. The van der Waals surface area contributed by atoms with Gasteiger partial charge in [0.05, 0.1) is 31.1 Å². The average molecular weight is 248 g/mol. The van der Waals surface area contributed by atoms with E-state index in [1.54, 1.807) is 0 Å². The molecular formula is C11H18ClNO3. The predicted octanol–water partition coefficient (Wildman–Crippen LogP) is 1.02. The smallest absolute Gasteiger partial charge is 0.225 e. The Hall–Kier alpha value is -0.320. The van der Waals surface area contributed by atoms with Crippen LogP contribution in [0.1, 0.15) is 19.3 Å². The maximum atomic E-state index is 12.0. The molecule has 0 radical (unpaired) electrons. The number of alkyl halides is 1. The molecule has 5 heteroatoms. The van der Waals surface area contributed by atoms with Crippen molar-refractivity contribution in [2.24, 2.45) is 0 Å². The third-order valence-electron chi connectivity index (χ3n) is 3.09. The number of morpholine rings is 1. The molecule has 0 N–H and O–H groups in total. The van der Waals surface area contributed by atoms with Gasteiger partial charge in [0.25, 0.3) is 0 Å². The Morgan fingerprint density at radius 1 is 1.31 bits per heavy atom. The number of rotatable bonds is 3. The summed E-state index contributed by atoms with van der Waals surface area (Å²) in [4.78, 5) is 13.8. The summed E-state index contributed by atoms with van der Waals surface area (Å²) in [6.45, 7) is 2.69. The highest BCUT2D eigenvalue weighted by Gasteiger charge is 2.26. The van der Waals surface area contributed by atoms with Crippen LogP contribution in [0.2, 0.25) is 0 Å². The van der Waals surface area contributed by atoms with E-state index < -0.39 is 0 Å². The van der Waals surface area contributed by atoms with Gasteiger partial charge in [0.1, 0.15) is 0 Å². The Bertz CT molecular complexity index is 243. The van der Waals surface area contributed by atoms with Crippen LogP contribution in [0, 0.1) is 0 Å².